The van der Waals surface area contributed by atoms with Crippen molar-refractivity contribution < 1.29 is 23.0 Å². The van der Waals surface area contributed by atoms with E-state index in [4.69, 9.17) is 9.47 Å². The van der Waals surface area contributed by atoms with Crippen molar-refractivity contribution in [2.24, 2.45) is 5.92 Å². The van der Waals surface area contributed by atoms with Gasteiger partial charge in [-0.25, -0.2) is 13.8 Å². The lowest BCUT2D eigenvalue weighted by molar-refractivity contribution is -0.118. The number of fused-ring (bicyclic) bond motifs is 2. The van der Waals surface area contributed by atoms with Gasteiger partial charge in [-0.2, -0.15) is 0 Å². The van der Waals surface area contributed by atoms with Crippen LogP contribution in [0.5, 0.6) is 11.5 Å². The summed E-state index contributed by atoms with van der Waals surface area (Å²) in [4.78, 5) is 18.0. The van der Waals surface area contributed by atoms with Crippen molar-refractivity contribution in [1.29, 1.82) is 0 Å². The molecule has 0 saturated carbocycles. The Kier molecular flexibility index (Phi) is 6.32. The number of ether oxygens (including phenoxy) is 2. The summed E-state index contributed by atoms with van der Waals surface area (Å²) in [7, 11) is 0. The van der Waals surface area contributed by atoms with Crippen LogP contribution in [0.25, 0.3) is 10.9 Å². The number of nitrogens with zero attached hydrogens (tertiary/aromatic N) is 2. The molecule has 2 aliphatic rings. The van der Waals surface area contributed by atoms with Crippen molar-refractivity contribution >= 4 is 22.5 Å². The number of nitrogens with one attached hydrogen (secondary N) is 1. The molecule has 178 valence electrons. The van der Waals surface area contributed by atoms with Crippen LogP contribution in [0.4, 0.5) is 14.5 Å². The quantitative estimate of drug-likeness (QED) is 0.579. The molecule has 1 saturated heterocycles. The lowest BCUT2D eigenvalue weighted by Crippen LogP contribution is -2.37. The third kappa shape index (κ3) is 4.82. The molecule has 3 heterocycles. The molecular weight excluding hydrogens is 440 g/mol. The Bertz CT molecular complexity index is 1230. The van der Waals surface area contributed by atoms with E-state index in [9.17, 15) is 13.6 Å². The van der Waals surface area contributed by atoms with Gasteiger partial charge in [0, 0.05) is 23.7 Å². The van der Waals surface area contributed by atoms with Crippen molar-refractivity contribution in [3.63, 3.8) is 0 Å². The summed E-state index contributed by atoms with van der Waals surface area (Å²) in [5.74, 6) is -0.405. The predicted octanol–water partition coefficient (Wildman–Crippen LogP) is 4.49. The van der Waals surface area contributed by atoms with E-state index in [1.807, 2.05) is 12.1 Å². The number of carbonyl (C=O) groups is 1. The number of aryl methyl sites for hydroxylation is 1. The molecule has 8 heteroatoms. The van der Waals surface area contributed by atoms with E-state index < -0.39 is 11.6 Å². The van der Waals surface area contributed by atoms with Crippen LogP contribution in [0.15, 0.2) is 36.4 Å². The minimum absolute atomic E-state index is 0.00382. The molecule has 2 aliphatic heterocycles. The van der Waals surface area contributed by atoms with E-state index in [-0.39, 0.29) is 18.0 Å². The van der Waals surface area contributed by atoms with Gasteiger partial charge in [0.15, 0.2) is 18.2 Å². The average molecular weight is 468 g/mol. The van der Waals surface area contributed by atoms with Crippen molar-refractivity contribution in [2.45, 2.75) is 26.2 Å². The highest BCUT2D eigenvalue weighted by atomic mass is 19.2. The first kappa shape index (κ1) is 22.5. The number of halogens is 2. The molecule has 1 N–H and O–H groups in total. The number of hydrogen-bond acceptors (Lipinski definition) is 5. The summed E-state index contributed by atoms with van der Waals surface area (Å²) in [5.41, 5.74) is 2.57. The van der Waals surface area contributed by atoms with Crippen LogP contribution in [-0.4, -0.2) is 48.6 Å². The Balaban J connectivity index is 1.13. The van der Waals surface area contributed by atoms with Crippen molar-refractivity contribution in [1.82, 2.24) is 9.88 Å². The van der Waals surface area contributed by atoms with E-state index >= 15 is 0 Å². The van der Waals surface area contributed by atoms with Gasteiger partial charge in [-0.1, -0.05) is 6.07 Å². The second-order valence-electron chi connectivity index (χ2n) is 9.02. The molecule has 0 atom stereocenters. The van der Waals surface area contributed by atoms with Gasteiger partial charge in [-0.05, 0) is 75.0 Å². The highest BCUT2D eigenvalue weighted by Crippen LogP contribution is 2.31. The van der Waals surface area contributed by atoms with Crippen molar-refractivity contribution in [3.05, 3.63) is 59.3 Å². The molecule has 0 aliphatic carbocycles. The fourth-order valence-corrected chi connectivity index (χ4v) is 4.70. The molecule has 0 spiro atoms. The molecule has 0 unspecified atom stereocenters. The third-order valence-electron chi connectivity index (χ3n) is 6.55. The SMILES string of the molecule is Cc1ccc2c(OCCN3CCC(Cc4ccc5c(c4)NC(=O)CO5)CC3)cc(F)c(F)c2n1. The molecule has 6 nitrogen and oxygen atoms in total. The molecule has 0 bridgehead atoms. The highest BCUT2D eigenvalue weighted by molar-refractivity contribution is 5.95. The summed E-state index contributed by atoms with van der Waals surface area (Å²) in [6.07, 6.45) is 3.09. The molecule has 1 aromatic heterocycles. The first-order valence-corrected chi connectivity index (χ1v) is 11.6. The lowest BCUT2D eigenvalue weighted by atomic mass is 9.90. The maximum Gasteiger partial charge on any atom is 0.262 e. The number of pyridine rings is 1. The van der Waals surface area contributed by atoms with E-state index in [1.54, 1.807) is 19.1 Å². The third-order valence-corrected chi connectivity index (χ3v) is 6.55. The van der Waals surface area contributed by atoms with Crippen LogP contribution in [0, 0.1) is 24.5 Å². The van der Waals surface area contributed by atoms with Crippen molar-refractivity contribution in [3.8, 4) is 11.5 Å². The van der Waals surface area contributed by atoms with Gasteiger partial charge in [0.1, 0.15) is 23.6 Å². The number of carbonyl (C=O) groups excluding carboxylic acids is 1. The zero-order valence-corrected chi connectivity index (χ0v) is 19.1. The van der Waals surface area contributed by atoms with E-state index in [2.05, 4.69) is 21.3 Å². The van der Waals surface area contributed by atoms with Crippen LogP contribution in [-0.2, 0) is 11.2 Å². The van der Waals surface area contributed by atoms with E-state index in [1.165, 1.54) is 5.56 Å². The van der Waals surface area contributed by atoms with Gasteiger partial charge in [-0.15, -0.1) is 0 Å². The Hall–Kier alpha value is -3.26. The van der Waals surface area contributed by atoms with Gasteiger partial charge in [0.25, 0.3) is 5.91 Å². The number of rotatable bonds is 6. The number of aromatic nitrogens is 1. The number of amides is 1. The first-order valence-electron chi connectivity index (χ1n) is 11.6. The predicted molar refractivity (Wildman–Crippen MR) is 125 cm³/mol. The standard InChI is InChI=1S/C26H27F2N3O3/c1-16-2-4-19-23(14-20(27)25(28)26(19)29-16)33-11-10-31-8-6-17(7-9-31)12-18-3-5-22-21(13-18)30-24(32)15-34-22/h2-5,13-14,17H,6-12,15H2,1H3,(H,30,32). The molecule has 5 rings (SSSR count). The fraction of sp³-hybridized carbons (Fsp3) is 0.385. The van der Waals surface area contributed by atoms with Gasteiger partial charge >= 0.3 is 0 Å². The number of anilines is 1. The normalized spacial score (nSPS) is 16.7. The van der Waals surface area contributed by atoms with Crippen LogP contribution in [0.1, 0.15) is 24.1 Å². The topological polar surface area (TPSA) is 63.7 Å². The molecule has 1 fully saturated rings. The summed E-state index contributed by atoms with van der Waals surface area (Å²) >= 11 is 0. The number of piperidine rings is 1. The largest absolute Gasteiger partial charge is 0.491 e. The molecule has 2 aromatic carbocycles. The first-order chi connectivity index (χ1) is 16.5. The van der Waals surface area contributed by atoms with Crippen molar-refractivity contribution in [2.75, 3.05) is 38.2 Å². The summed E-state index contributed by atoms with van der Waals surface area (Å²) in [6, 6.07) is 10.6. The smallest absolute Gasteiger partial charge is 0.262 e. The lowest BCUT2D eigenvalue weighted by Gasteiger charge is -2.32. The van der Waals surface area contributed by atoms with Gasteiger partial charge in [-0.3, -0.25) is 9.69 Å². The molecule has 3 aromatic rings. The average Bonchev–Trinajstić information content (AvgIpc) is 2.83. The van der Waals surface area contributed by atoms with E-state index in [0.29, 0.717) is 35.9 Å². The maximum absolute atomic E-state index is 14.1. The Labute approximate surface area is 196 Å². The summed E-state index contributed by atoms with van der Waals surface area (Å²) in [5, 5.41) is 3.35. The fourth-order valence-electron chi connectivity index (χ4n) is 4.70. The van der Waals surface area contributed by atoms with E-state index in [0.717, 1.165) is 49.9 Å². The van der Waals surface area contributed by atoms with Crippen LogP contribution >= 0.6 is 0 Å². The van der Waals surface area contributed by atoms with Crippen LogP contribution in [0.2, 0.25) is 0 Å². The maximum atomic E-state index is 14.1. The molecule has 34 heavy (non-hydrogen) atoms. The second kappa shape index (κ2) is 9.54. The number of likely N-dealkylation sites (tertiary alicyclic amines) is 1. The summed E-state index contributed by atoms with van der Waals surface area (Å²) in [6.45, 7) is 4.83. The summed E-state index contributed by atoms with van der Waals surface area (Å²) < 4.78 is 39.4. The number of benzene rings is 2. The second-order valence-corrected chi connectivity index (χ2v) is 9.02. The molecular formula is C26H27F2N3O3. The van der Waals surface area contributed by atoms with Gasteiger partial charge < -0.3 is 14.8 Å². The minimum Gasteiger partial charge on any atom is -0.491 e. The Morgan fingerprint density at radius 1 is 1.18 bits per heavy atom. The Morgan fingerprint density at radius 3 is 2.82 bits per heavy atom. The molecule has 1 amide bonds. The monoisotopic (exact) mass is 467 g/mol. The zero-order valence-electron chi connectivity index (χ0n) is 19.1. The van der Waals surface area contributed by atoms with Gasteiger partial charge in [0.2, 0.25) is 0 Å². The molecule has 0 radical (unpaired) electrons. The van der Waals surface area contributed by atoms with Gasteiger partial charge in [0.05, 0.1) is 5.69 Å². The highest BCUT2D eigenvalue weighted by Gasteiger charge is 2.22. The van der Waals surface area contributed by atoms with Crippen LogP contribution < -0.4 is 14.8 Å². The minimum atomic E-state index is -0.949. The zero-order chi connectivity index (χ0) is 23.7. The number of hydrogen-bond donors (Lipinski definition) is 1. The Morgan fingerprint density at radius 2 is 2.00 bits per heavy atom. The van der Waals surface area contributed by atoms with Crippen LogP contribution in [0.3, 0.4) is 0 Å².